The lowest BCUT2D eigenvalue weighted by Crippen LogP contribution is -2.25. The molecule has 1 aromatic carbocycles. The Kier molecular flexibility index (Phi) is 5.75. The van der Waals surface area contributed by atoms with Crippen LogP contribution in [0.5, 0.6) is 0 Å². The topological polar surface area (TPSA) is 106 Å². The maximum atomic E-state index is 13.4. The highest BCUT2D eigenvalue weighted by Gasteiger charge is 2.28. The maximum Gasteiger partial charge on any atom is 0.256 e. The van der Waals surface area contributed by atoms with Crippen LogP contribution in [0.2, 0.25) is 0 Å². The molecule has 0 radical (unpaired) electrons. The molecule has 0 atom stereocenters. The summed E-state index contributed by atoms with van der Waals surface area (Å²) in [4.78, 5) is 20.5. The highest BCUT2D eigenvalue weighted by molar-refractivity contribution is 7.89. The number of hydrogen-bond donors (Lipinski definition) is 2. The molecule has 34 heavy (non-hydrogen) atoms. The number of carbonyl (C=O) groups excluding carboxylic acids is 1. The number of hydrogen-bond acceptors (Lipinski definition) is 6. The van der Waals surface area contributed by atoms with Crippen molar-refractivity contribution in [1.29, 1.82) is 0 Å². The van der Waals surface area contributed by atoms with E-state index in [0.717, 1.165) is 22.6 Å². The zero-order chi connectivity index (χ0) is 24.0. The van der Waals surface area contributed by atoms with Crippen LogP contribution in [0.3, 0.4) is 0 Å². The minimum atomic E-state index is -3.62. The molecule has 0 unspecified atom stereocenters. The fourth-order valence-electron chi connectivity index (χ4n) is 3.71. The van der Waals surface area contributed by atoms with Gasteiger partial charge in [0.2, 0.25) is 10.0 Å². The van der Waals surface area contributed by atoms with E-state index >= 15 is 0 Å². The summed E-state index contributed by atoms with van der Waals surface area (Å²) < 4.78 is 29.7. The van der Waals surface area contributed by atoms with Gasteiger partial charge < -0.3 is 5.32 Å². The number of aryl methyl sites for hydroxylation is 1. The third-order valence-corrected chi connectivity index (χ3v) is 8.14. The summed E-state index contributed by atoms with van der Waals surface area (Å²) in [5.41, 5.74) is 2.16. The third kappa shape index (κ3) is 4.48. The lowest BCUT2D eigenvalue weighted by Gasteiger charge is -2.11. The molecule has 3 heterocycles. The normalized spacial score (nSPS) is 14.1. The molecular formula is C24H25N5O3S2. The van der Waals surface area contributed by atoms with Crippen LogP contribution < -0.4 is 10.0 Å². The van der Waals surface area contributed by atoms with Gasteiger partial charge in [-0.15, -0.1) is 11.3 Å². The molecule has 5 rings (SSSR count). The maximum absolute atomic E-state index is 13.4. The van der Waals surface area contributed by atoms with Crippen LogP contribution in [0.15, 0.2) is 53.6 Å². The summed E-state index contributed by atoms with van der Waals surface area (Å²) in [6.45, 7) is 6.05. The third-order valence-electron chi connectivity index (χ3n) is 5.59. The first-order valence-electron chi connectivity index (χ1n) is 11.1. The Bertz CT molecular complexity index is 1500. The summed E-state index contributed by atoms with van der Waals surface area (Å²) in [6.07, 6.45) is 3.36. The number of carbonyl (C=O) groups is 1. The predicted molar refractivity (Wildman–Crippen MR) is 134 cm³/mol. The van der Waals surface area contributed by atoms with Crippen molar-refractivity contribution in [3.63, 3.8) is 0 Å². The number of nitrogens with zero attached hydrogens (tertiary/aromatic N) is 3. The average Bonchev–Trinajstić information content (AvgIpc) is 3.30. The summed E-state index contributed by atoms with van der Waals surface area (Å²) in [5, 5.41) is 7.96. The van der Waals surface area contributed by atoms with Gasteiger partial charge in [-0.05, 0) is 70.0 Å². The van der Waals surface area contributed by atoms with Crippen molar-refractivity contribution in [3.05, 3.63) is 59.1 Å². The second kappa shape index (κ2) is 8.61. The SMILES string of the molecule is Cc1ccc(-c2cc(C(=O)Nc3cccc(S(=O)(=O)NC4CC4)c3)c3cnn(C(C)C)c3n2)s1. The predicted octanol–water partition coefficient (Wildman–Crippen LogP) is 4.74. The lowest BCUT2D eigenvalue weighted by molar-refractivity contribution is 0.102. The van der Waals surface area contributed by atoms with E-state index in [9.17, 15) is 13.2 Å². The van der Waals surface area contributed by atoms with Gasteiger partial charge in [0.05, 0.1) is 32.6 Å². The minimum Gasteiger partial charge on any atom is -0.322 e. The molecule has 0 aliphatic heterocycles. The molecule has 4 aromatic rings. The van der Waals surface area contributed by atoms with Crippen LogP contribution in [0, 0.1) is 6.92 Å². The fourth-order valence-corrected chi connectivity index (χ4v) is 5.89. The van der Waals surface area contributed by atoms with Crippen molar-refractivity contribution in [1.82, 2.24) is 19.5 Å². The first-order chi connectivity index (χ1) is 16.2. The molecule has 10 heteroatoms. The standard InChI is InChI=1S/C24H25N5O3S2/c1-14(2)29-23-20(13-25-29)19(12-21(27-23)22-10-7-15(3)33-22)24(30)26-17-5-4-6-18(11-17)34(31,32)28-16-8-9-16/h4-7,10-14,16,28H,8-9H2,1-3H3,(H,26,30). The van der Waals surface area contributed by atoms with Crippen LogP contribution in [0.25, 0.3) is 21.6 Å². The second-order valence-electron chi connectivity index (χ2n) is 8.76. The molecule has 1 amide bonds. The first-order valence-corrected chi connectivity index (χ1v) is 13.4. The van der Waals surface area contributed by atoms with Crippen molar-refractivity contribution in [2.75, 3.05) is 5.32 Å². The number of benzene rings is 1. The van der Waals surface area contributed by atoms with Crippen molar-refractivity contribution in [2.45, 2.75) is 50.6 Å². The summed E-state index contributed by atoms with van der Waals surface area (Å²) >= 11 is 1.61. The molecule has 0 spiro atoms. The molecule has 0 saturated heterocycles. The molecular weight excluding hydrogens is 470 g/mol. The summed E-state index contributed by atoms with van der Waals surface area (Å²) in [5.74, 6) is -0.352. The van der Waals surface area contributed by atoms with E-state index in [1.165, 1.54) is 12.1 Å². The fraction of sp³-hybridized carbons (Fsp3) is 0.292. The van der Waals surface area contributed by atoms with Crippen LogP contribution in [0.1, 0.15) is 48.0 Å². The molecule has 1 aliphatic carbocycles. The number of aromatic nitrogens is 3. The van der Waals surface area contributed by atoms with Crippen LogP contribution >= 0.6 is 11.3 Å². The van der Waals surface area contributed by atoms with Gasteiger partial charge in [0, 0.05) is 22.6 Å². The molecule has 8 nitrogen and oxygen atoms in total. The quantitative estimate of drug-likeness (QED) is 0.385. The Morgan fingerprint density at radius 3 is 2.65 bits per heavy atom. The van der Waals surface area contributed by atoms with Crippen molar-refractivity contribution in [3.8, 4) is 10.6 Å². The van der Waals surface area contributed by atoms with Gasteiger partial charge in [-0.25, -0.2) is 22.8 Å². The Labute approximate surface area is 202 Å². The molecule has 1 aliphatic rings. The first kappa shape index (κ1) is 22.7. The number of anilines is 1. The highest BCUT2D eigenvalue weighted by Crippen LogP contribution is 2.31. The molecule has 2 N–H and O–H groups in total. The smallest absolute Gasteiger partial charge is 0.256 e. The molecule has 0 bridgehead atoms. The Balaban J connectivity index is 1.52. The van der Waals surface area contributed by atoms with Crippen LogP contribution in [-0.2, 0) is 10.0 Å². The molecule has 3 aromatic heterocycles. The largest absolute Gasteiger partial charge is 0.322 e. The highest BCUT2D eigenvalue weighted by atomic mass is 32.2. The van der Waals surface area contributed by atoms with Gasteiger partial charge in [-0.2, -0.15) is 5.10 Å². The van der Waals surface area contributed by atoms with E-state index in [1.807, 2.05) is 32.9 Å². The number of sulfonamides is 1. The number of pyridine rings is 1. The number of fused-ring (bicyclic) bond motifs is 1. The van der Waals surface area contributed by atoms with Gasteiger partial charge >= 0.3 is 0 Å². The van der Waals surface area contributed by atoms with Crippen LogP contribution in [0.4, 0.5) is 5.69 Å². The Hall–Kier alpha value is -3.08. The van der Waals surface area contributed by atoms with Gasteiger partial charge in [0.1, 0.15) is 0 Å². The van der Waals surface area contributed by atoms with Gasteiger partial charge in [0.25, 0.3) is 5.91 Å². The molecule has 1 saturated carbocycles. The number of amides is 1. The van der Waals surface area contributed by atoms with E-state index in [4.69, 9.17) is 4.98 Å². The van der Waals surface area contributed by atoms with Crippen molar-refractivity contribution < 1.29 is 13.2 Å². The number of rotatable bonds is 7. The minimum absolute atomic E-state index is 0.00477. The van der Waals surface area contributed by atoms with Gasteiger partial charge in [-0.3, -0.25) is 4.79 Å². The van der Waals surface area contributed by atoms with Crippen molar-refractivity contribution in [2.24, 2.45) is 0 Å². The summed E-state index contributed by atoms with van der Waals surface area (Å²) in [7, 11) is -3.62. The van der Waals surface area contributed by atoms with Crippen molar-refractivity contribution >= 4 is 44.0 Å². The van der Waals surface area contributed by atoms with Crippen LogP contribution in [-0.4, -0.2) is 35.1 Å². The summed E-state index contributed by atoms with van der Waals surface area (Å²) in [6, 6.07) is 12.2. The second-order valence-corrected chi connectivity index (χ2v) is 11.8. The molecule has 176 valence electrons. The zero-order valence-electron chi connectivity index (χ0n) is 19.1. The number of thiophene rings is 1. The van der Waals surface area contributed by atoms with E-state index in [2.05, 4.69) is 15.1 Å². The van der Waals surface area contributed by atoms with Gasteiger partial charge in [0.15, 0.2) is 5.65 Å². The monoisotopic (exact) mass is 495 g/mol. The van der Waals surface area contributed by atoms with Gasteiger partial charge in [-0.1, -0.05) is 6.07 Å². The average molecular weight is 496 g/mol. The van der Waals surface area contributed by atoms with E-state index in [1.54, 1.807) is 40.4 Å². The Morgan fingerprint density at radius 2 is 1.97 bits per heavy atom. The lowest BCUT2D eigenvalue weighted by atomic mass is 10.1. The van der Waals surface area contributed by atoms with E-state index in [0.29, 0.717) is 28.0 Å². The van der Waals surface area contributed by atoms with E-state index in [-0.39, 0.29) is 22.9 Å². The Morgan fingerprint density at radius 1 is 1.18 bits per heavy atom. The number of nitrogens with one attached hydrogen (secondary N) is 2. The van der Waals surface area contributed by atoms with E-state index < -0.39 is 10.0 Å². The molecule has 1 fully saturated rings. The zero-order valence-corrected chi connectivity index (χ0v) is 20.7.